The summed E-state index contributed by atoms with van der Waals surface area (Å²) in [5.41, 5.74) is 1.12. The largest absolute Gasteiger partial charge is 0.496 e. The maximum atomic E-state index is 13.1. The number of ether oxygens (including phenoxy) is 1. The van der Waals surface area contributed by atoms with E-state index in [4.69, 9.17) is 17.0 Å². The number of methoxy groups -OCH3 is 1. The zero-order valence-corrected chi connectivity index (χ0v) is 14.9. The van der Waals surface area contributed by atoms with Gasteiger partial charge < -0.3 is 10.1 Å². The molecule has 1 saturated carbocycles. The Morgan fingerprint density at radius 2 is 2.04 bits per heavy atom. The van der Waals surface area contributed by atoms with Gasteiger partial charge >= 0.3 is 0 Å². The molecule has 0 spiro atoms. The SMILES string of the molecule is COc1cc(C(=O)N2CCCN2C(=S)NC2CC2)nc2ccccc12. The summed E-state index contributed by atoms with van der Waals surface area (Å²) in [5.74, 6) is 0.500. The van der Waals surface area contributed by atoms with Crippen LogP contribution in [-0.2, 0) is 0 Å². The van der Waals surface area contributed by atoms with Crippen LogP contribution in [0.3, 0.4) is 0 Å². The van der Waals surface area contributed by atoms with Gasteiger partial charge in [0.05, 0.1) is 12.6 Å². The highest BCUT2D eigenvalue weighted by molar-refractivity contribution is 7.80. The number of nitrogens with zero attached hydrogens (tertiary/aromatic N) is 3. The summed E-state index contributed by atoms with van der Waals surface area (Å²) in [7, 11) is 1.60. The van der Waals surface area contributed by atoms with Gasteiger partial charge in [0, 0.05) is 30.6 Å². The van der Waals surface area contributed by atoms with Gasteiger partial charge in [-0.1, -0.05) is 12.1 Å². The zero-order chi connectivity index (χ0) is 17.4. The first-order valence-corrected chi connectivity index (χ1v) is 8.92. The molecule has 2 heterocycles. The summed E-state index contributed by atoms with van der Waals surface area (Å²) in [4.78, 5) is 17.6. The lowest BCUT2D eigenvalue weighted by molar-refractivity contribution is 0.0485. The lowest BCUT2D eigenvalue weighted by Crippen LogP contribution is -2.49. The fraction of sp³-hybridized carbons (Fsp3) is 0.389. The summed E-state index contributed by atoms with van der Waals surface area (Å²) in [5, 5.41) is 8.37. The minimum absolute atomic E-state index is 0.151. The Morgan fingerprint density at radius 1 is 1.28 bits per heavy atom. The van der Waals surface area contributed by atoms with Crippen molar-refractivity contribution in [1.29, 1.82) is 0 Å². The van der Waals surface area contributed by atoms with Crippen LogP contribution in [0, 0.1) is 0 Å². The summed E-state index contributed by atoms with van der Waals surface area (Å²) in [6.45, 7) is 1.39. The topological polar surface area (TPSA) is 57.7 Å². The first kappa shape index (κ1) is 16.1. The van der Waals surface area contributed by atoms with Crippen LogP contribution in [0.2, 0.25) is 0 Å². The Labute approximate surface area is 151 Å². The quantitative estimate of drug-likeness (QED) is 0.852. The third-order valence-electron chi connectivity index (χ3n) is 4.52. The van der Waals surface area contributed by atoms with E-state index < -0.39 is 0 Å². The number of rotatable bonds is 3. The Bertz CT molecular complexity index is 837. The van der Waals surface area contributed by atoms with E-state index in [1.807, 2.05) is 29.3 Å². The molecule has 1 saturated heterocycles. The van der Waals surface area contributed by atoms with Gasteiger partial charge in [-0.05, 0) is 43.6 Å². The van der Waals surface area contributed by atoms with Crippen molar-refractivity contribution in [3.8, 4) is 5.75 Å². The van der Waals surface area contributed by atoms with Crippen LogP contribution in [0.4, 0.5) is 0 Å². The molecule has 1 aliphatic heterocycles. The van der Waals surface area contributed by atoms with Crippen molar-refractivity contribution in [2.45, 2.75) is 25.3 Å². The van der Waals surface area contributed by atoms with Crippen LogP contribution in [0.1, 0.15) is 29.8 Å². The minimum Gasteiger partial charge on any atom is -0.496 e. The van der Waals surface area contributed by atoms with Crippen LogP contribution in [0.25, 0.3) is 10.9 Å². The van der Waals surface area contributed by atoms with Gasteiger partial charge in [-0.3, -0.25) is 9.80 Å². The molecule has 130 valence electrons. The van der Waals surface area contributed by atoms with Crippen molar-refractivity contribution in [3.63, 3.8) is 0 Å². The normalized spacial score (nSPS) is 17.0. The first-order chi connectivity index (χ1) is 12.2. The Balaban J connectivity index is 1.63. The predicted octanol–water partition coefficient (Wildman–Crippen LogP) is 2.34. The number of nitrogens with one attached hydrogen (secondary N) is 1. The first-order valence-electron chi connectivity index (χ1n) is 8.51. The van der Waals surface area contributed by atoms with Crippen LogP contribution < -0.4 is 10.1 Å². The van der Waals surface area contributed by atoms with Crippen molar-refractivity contribution >= 4 is 34.1 Å². The standard InChI is InChI=1S/C18H20N4O2S/c1-24-16-11-15(20-14-6-3-2-5-13(14)16)17(23)21-9-4-10-22(21)18(25)19-12-7-8-12/h2-3,5-6,11-12H,4,7-10H2,1H3,(H,19,25). The van der Waals surface area contributed by atoms with Crippen LogP contribution in [0.15, 0.2) is 30.3 Å². The molecule has 0 bridgehead atoms. The third-order valence-corrected chi connectivity index (χ3v) is 4.85. The maximum absolute atomic E-state index is 13.1. The zero-order valence-electron chi connectivity index (χ0n) is 14.1. The average molecular weight is 356 g/mol. The van der Waals surface area contributed by atoms with E-state index in [-0.39, 0.29) is 5.91 Å². The molecule has 1 amide bonds. The number of carbonyl (C=O) groups excluding carboxylic acids is 1. The molecule has 1 aromatic carbocycles. The van der Waals surface area contributed by atoms with Gasteiger partial charge in [0.2, 0.25) is 0 Å². The molecule has 1 N–H and O–H groups in total. The molecular formula is C18H20N4O2S. The number of fused-ring (bicyclic) bond motifs is 1. The van der Waals surface area contributed by atoms with Crippen LogP contribution >= 0.6 is 12.2 Å². The Kier molecular flexibility index (Phi) is 4.17. The lowest BCUT2D eigenvalue weighted by atomic mass is 10.1. The summed E-state index contributed by atoms with van der Waals surface area (Å²) in [6.07, 6.45) is 3.18. The van der Waals surface area contributed by atoms with Gasteiger partial charge in [0.1, 0.15) is 11.4 Å². The number of thiocarbonyl (C=S) groups is 1. The number of pyridine rings is 1. The number of hydrazine groups is 1. The molecule has 0 radical (unpaired) electrons. The Morgan fingerprint density at radius 3 is 2.80 bits per heavy atom. The van der Waals surface area contributed by atoms with Gasteiger partial charge in [-0.15, -0.1) is 0 Å². The van der Waals surface area contributed by atoms with Gasteiger partial charge in [0.15, 0.2) is 5.11 Å². The fourth-order valence-electron chi connectivity index (χ4n) is 3.06. The second kappa shape index (κ2) is 6.48. The number of hydrogen-bond acceptors (Lipinski definition) is 4. The van der Waals surface area contributed by atoms with Crippen molar-refractivity contribution < 1.29 is 9.53 Å². The van der Waals surface area contributed by atoms with E-state index in [1.54, 1.807) is 18.2 Å². The van der Waals surface area contributed by atoms with E-state index in [2.05, 4.69) is 10.3 Å². The van der Waals surface area contributed by atoms with Crippen molar-refractivity contribution in [3.05, 3.63) is 36.0 Å². The molecule has 0 atom stereocenters. The van der Waals surface area contributed by atoms with Crippen LogP contribution in [0.5, 0.6) is 5.75 Å². The van der Waals surface area contributed by atoms with Crippen molar-refractivity contribution in [2.75, 3.05) is 20.2 Å². The summed E-state index contributed by atoms with van der Waals surface area (Å²) in [6, 6.07) is 9.82. The van der Waals surface area contributed by atoms with E-state index in [0.717, 1.165) is 36.7 Å². The monoisotopic (exact) mass is 356 g/mol. The van der Waals surface area contributed by atoms with E-state index in [9.17, 15) is 4.79 Å². The number of carbonyl (C=O) groups is 1. The number of amides is 1. The molecule has 1 aliphatic carbocycles. The predicted molar refractivity (Wildman–Crippen MR) is 99.4 cm³/mol. The van der Waals surface area contributed by atoms with Gasteiger partial charge in [-0.2, -0.15) is 0 Å². The fourth-order valence-corrected chi connectivity index (χ4v) is 3.42. The molecular weight excluding hydrogens is 336 g/mol. The molecule has 25 heavy (non-hydrogen) atoms. The average Bonchev–Trinajstić information content (AvgIpc) is 3.31. The third kappa shape index (κ3) is 3.11. The van der Waals surface area contributed by atoms with Gasteiger partial charge in [0.25, 0.3) is 5.91 Å². The highest BCUT2D eigenvalue weighted by atomic mass is 32.1. The molecule has 7 heteroatoms. The highest BCUT2D eigenvalue weighted by Crippen LogP contribution is 2.27. The minimum atomic E-state index is -0.151. The molecule has 2 aliphatic rings. The van der Waals surface area contributed by atoms with E-state index in [0.29, 0.717) is 29.1 Å². The maximum Gasteiger partial charge on any atom is 0.291 e. The molecule has 0 unspecified atom stereocenters. The molecule has 4 rings (SSSR count). The summed E-state index contributed by atoms with van der Waals surface area (Å²) >= 11 is 5.48. The highest BCUT2D eigenvalue weighted by Gasteiger charge is 2.33. The lowest BCUT2D eigenvalue weighted by Gasteiger charge is -2.30. The van der Waals surface area contributed by atoms with Crippen molar-refractivity contribution in [2.24, 2.45) is 0 Å². The number of benzene rings is 1. The smallest absolute Gasteiger partial charge is 0.291 e. The van der Waals surface area contributed by atoms with E-state index >= 15 is 0 Å². The van der Waals surface area contributed by atoms with Crippen molar-refractivity contribution in [1.82, 2.24) is 20.3 Å². The molecule has 1 aromatic heterocycles. The van der Waals surface area contributed by atoms with Gasteiger partial charge in [-0.25, -0.2) is 9.99 Å². The summed E-state index contributed by atoms with van der Waals surface area (Å²) < 4.78 is 5.45. The van der Waals surface area contributed by atoms with Crippen LogP contribution in [-0.4, -0.2) is 52.3 Å². The molecule has 2 fully saturated rings. The number of para-hydroxylation sites is 1. The van der Waals surface area contributed by atoms with E-state index in [1.165, 1.54) is 0 Å². The Hall–Kier alpha value is -2.41. The number of aromatic nitrogens is 1. The molecule has 2 aromatic rings. The second-order valence-corrected chi connectivity index (χ2v) is 6.74. The molecule has 6 nitrogen and oxygen atoms in total. The second-order valence-electron chi connectivity index (χ2n) is 6.36. The number of hydrogen-bond donors (Lipinski definition) is 1.